The molecule has 2 aromatic rings. The molecule has 0 saturated heterocycles. The number of sulfonamides is 1. The predicted molar refractivity (Wildman–Crippen MR) is 81.1 cm³/mol. The molecule has 1 heterocycles. The zero-order valence-corrected chi connectivity index (χ0v) is 13.2. The molecule has 0 amide bonds. The van der Waals surface area contributed by atoms with Gasteiger partial charge in [0.15, 0.2) is 0 Å². The summed E-state index contributed by atoms with van der Waals surface area (Å²) in [7, 11) is -2.39. The van der Waals surface area contributed by atoms with Crippen molar-refractivity contribution < 1.29 is 18.3 Å². The fourth-order valence-corrected chi connectivity index (χ4v) is 4.72. The second kappa shape index (κ2) is 5.97. The quantitative estimate of drug-likeness (QED) is 0.917. The van der Waals surface area contributed by atoms with Gasteiger partial charge in [0, 0.05) is 13.6 Å². The number of benzene rings is 1. The highest BCUT2D eigenvalue weighted by Crippen LogP contribution is 2.29. The van der Waals surface area contributed by atoms with Crippen molar-refractivity contribution in [3.63, 3.8) is 0 Å². The average molecular weight is 325 g/mol. The Morgan fingerprint density at radius 3 is 2.48 bits per heavy atom. The number of nitrogens with zero attached hydrogens (tertiary/aromatic N) is 1. The minimum Gasteiger partial charge on any atom is -0.477 e. The molecule has 7 heteroatoms. The molecular formula is C14H15NO4S2. The molecule has 0 radical (unpaired) electrons. The Morgan fingerprint density at radius 1 is 1.29 bits per heavy atom. The molecule has 0 aliphatic rings. The summed E-state index contributed by atoms with van der Waals surface area (Å²) in [6.45, 7) is 1.80. The minimum absolute atomic E-state index is 0.113. The largest absolute Gasteiger partial charge is 0.477 e. The van der Waals surface area contributed by atoms with Crippen molar-refractivity contribution in [3.05, 3.63) is 51.7 Å². The van der Waals surface area contributed by atoms with Gasteiger partial charge >= 0.3 is 5.97 Å². The van der Waals surface area contributed by atoms with Crippen molar-refractivity contribution in [1.29, 1.82) is 0 Å². The lowest BCUT2D eigenvalue weighted by atomic mass is 10.2. The maximum Gasteiger partial charge on any atom is 0.347 e. The third-order valence-corrected chi connectivity index (χ3v) is 6.24. The number of carbonyl (C=O) groups is 1. The minimum atomic E-state index is -3.84. The molecule has 21 heavy (non-hydrogen) atoms. The van der Waals surface area contributed by atoms with Crippen molar-refractivity contribution in [2.75, 3.05) is 7.05 Å². The van der Waals surface area contributed by atoms with Crippen LogP contribution in [0.1, 0.15) is 20.8 Å². The van der Waals surface area contributed by atoms with E-state index in [-0.39, 0.29) is 16.3 Å². The zero-order chi connectivity index (χ0) is 15.6. The molecule has 0 aliphatic carbocycles. The Kier molecular flexibility index (Phi) is 4.46. The van der Waals surface area contributed by atoms with E-state index >= 15 is 0 Å². The van der Waals surface area contributed by atoms with Crippen LogP contribution < -0.4 is 0 Å². The highest BCUT2D eigenvalue weighted by Gasteiger charge is 2.30. The lowest BCUT2D eigenvalue weighted by Gasteiger charge is -2.17. The summed E-state index contributed by atoms with van der Waals surface area (Å²) in [5, 5.41) is 10.7. The maximum absolute atomic E-state index is 12.6. The summed E-state index contributed by atoms with van der Waals surface area (Å²) in [5.41, 5.74) is 1.30. The maximum atomic E-state index is 12.6. The summed E-state index contributed by atoms with van der Waals surface area (Å²) >= 11 is 0.929. The number of carboxylic acid groups (broad SMARTS) is 1. The van der Waals surface area contributed by atoms with E-state index in [1.165, 1.54) is 11.4 Å². The topological polar surface area (TPSA) is 74.7 Å². The molecule has 0 unspecified atom stereocenters. The highest BCUT2D eigenvalue weighted by molar-refractivity contribution is 7.89. The van der Waals surface area contributed by atoms with E-state index in [1.807, 2.05) is 30.3 Å². The van der Waals surface area contributed by atoms with E-state index in [4.69, 9.17) is 5.11 Å². The summed E-state index contributed by atoms with van der Waals surface area (Å²) in [6.07, 6.45) is 0. The van der Waals surface area contributed by atoms with Crippen molar-refractivity contribution in [2.24, 2.45) is 0 Å². The number of aryl methyl sites for hydroxylation is 1. The van der Waals surface area contributed by atoms with Crippen molar-refractivity contribution in [3.8, 4) is 0 Å². The standard InChI is InChI=1S/C14H15NO4S2/c1-10-9-20-12(14(16)17)13(10)21(18,19)15(2)8-11-6-4-3-5-7-11/h3-7,9H,8H2,1-2H3,(H,16,17). The first-order chi connectivity index (χ1) is 9.84. The summed E-state index contributed by atoms with van der Waals surface area (Å²) in [6, 6.07) is 9.15. The Balaban J connectivity index is 2.38. The van der Waals surface area contributed by atoms with Gasteiger partial charge in [-0.05, 0) is 23.4 Å². The smallest absolute Gasteiger partial charge is 0.347 e. The molecule has 1 N–H and O–H groups in total. The molecule has 0 spiro atoms. The van der Waals surface area contributed by atoms with Crippen LogP contribution in [0, 0.1) is 6.92 Å². The van der Waals surface area contributed by atoms with Crippen LogP contribution in [0.25, 0.3) is 0 Å². The molecule has 1 aromatic heterocycles. The molecule has 2 rings (SSSR count). The number of hydrogen-bond donors (Lipinski definition) is 1. The lowest BCUT2D eigenvalue weighted by molar-refractivity contribution is 0.0698. The number of aromatic carboxylic acids is 1. The van der Waals surface area contributed by atoms with Crippen molar-refractivity contribution >= 4 is 27.3 Å². The summed E-state index contributed by atoms with van der Waals surface area (Å²) in [5.74, 6) is -1.22. The normalized spacial score (nSPS) is 11.8. The second-order valence-corrected chi connectivity index (χ2v) is 7.49. The first kappa shape index (κ1) is 15.7. The Bertz CT molecular complexity index is 751. The van der Waals surface area contributed by atoms with Crippen LogP contribution in [0.2, 0.25) is 0 Å². The van der Waals surface area contributed by atoms with Crippen molar-refractivity contribution in [1.82, 2.24) is 4.31 Å². The van der Waals surface area contributed by atoms with Gasteiger partial charge in [0.1, 0.15) is 9.77 Å². The second-order valence-electron chi connectivity index (χ2n) is 4.63. The monoisotopic (exact) mass is 325 g/mol. The highest BCUT2D eigenvalue weighted by atomic mass is 32.2. The van der Waals surface area contributed by atoms with Gasteiger partial charge in [0.2, 0.25) is 10.0 Å². The van der Waals surface area contributed by atoms with Crippen LogP contribution in [-0.2, 0) is 16.6 Å². The predicted octanol–water partition coefficient (Wildman–Crippen LogP) is 2.58. The average Bonchev–Trinajstić information content (AvgIpc) is 2.82. The van der Waals surface area contributed by atoms with Crippen LogP contribution in [0.3, 0.4) is 0 Å². The van der Waals surface area contributed by atoms with E-state index in [0.29, 0.717) is 5.56 Å². The number of thiophene rings is 1. The van der Waals surface area contributed by atoms with Crippen molar-refractivity contribution in [2.45, 2.75) is 18.4 Å². The molecule has 5 nitrogen and oxygen atoms in total. The van der Waals surface area contributed by atoms with E-state index in [9.17, 15) is 13.2 Å². The third-order valence-electron chi connectivity index (χ3n) is 3.03. The van der Waals surface area contributed by atoms with Gasteiger partial charge in [-0.15, -0.1) is 11.3 Å². The SMILES string of the molecule is Cc1csc(C(=O)O)c1S(=O)(=O)N(C)Cc1ccccc1. The Hall–Kier alpha value is -1.70. The van der Waals surface area contributed by atoms with Crippen LogP contribution in [0.15, 0.2) is 40.6 Å². The van der Waals surface area contributed by atoms with E-state index in [0.717, 1.165) is 16.9 Å². The first-order valence-corrected chi connectivity index (χ1v) is 8.47. The van der Waals surface area contributed by atoms with Crippen LogP contribution in [0.5, 0.6) is 0 Å². The molecule has 1 aromatic carbocycles. The fraction of sp³-hybridized carbons (Fsp3) is 0.214. The van der Waals surface area contributed by atoms with E-state index < -0.39 is 16.0 Å². The molecule has 0 bridgehead atoms. The van der Waals surface area contributed by atoms with Crippen LogP contribution in [0.4, 0.5) is 0 Å². The van der Waals surface area contributed by atoms with Gasteiger partial charge in [0.05, 0.1) is 0 Å². The van der Waals surface area contributed by atoms with Gasteiger partial charge in [-0.2, -0.15) is 4.31 Å². The summed E-state index contributed by atoms with van der Waals surface area (Å²) < 4.78 is 26.4. The van der Waals surface area contributed by atoms with Crippen LogP contribution >= 0.6 is 11.3 Å². The first-order valence-electron chi connectivity index (χ1n) is 6.15. The van der Waals surface area contributed by atoms with Crippen LogP contribution in [-0.4, -0.2) is 30.8 Å². The number of hydrogen-bond acceptors (Lipinski definition) is 4. The Labute approximate surface area is 127 Å². The van der Waals surface area contributed by atoms with E-state index in [1.54, 1.807) is 12.3 Å². The van der Waals surface area contributed by atoms with Gasteiger partial charge in [-0.25, -0.2) is 13.2 Å². The number of carboxylic acids is 1. The van der Waals surface area contributed by atoms with Gasteiger partial charge in [-0.3, -0.25) is 0 Å². The lowest BCUT2D eigenvalue weighted by Crippen LogP contribution is -2.27. The zero-order valence-electron chi connectivity index (χ0n) is 11.6. The summed E-state index contributed by atoms with van der Waals surface area (Å²) in [4.78, 5) is 10.9. The Morgan fingerprint density at radius 2 is 1.90 bits per heavy atom. The van der Waals surface area contributed by atoms with Gasteiger partial charge < -0.3 is 5.11 Å². The molecule has 0 saturated carbocycles. The van der Waals surface area contributed by atoms with E-state index in [2.05, 4.69) is 0 Å². The molecule has 0 atom stereocenters. The van der Waals surface area contributed by atoms with Gasteiger partial charge in [0.25, 0.3) is 0 Å². The number of rotatable bonds is 5. The third kappa shape index (κ3) is 3.15. The fourth-order valence-electron chi connectivity index (χ4n) is 1.98. The molecule has 112 valence electrons. The molecular weight excluding hydrogens is 310 g/mol. The van der Waals surface area contributed by atoms with Gasteiger partial charge in [-0.1, -0.05) is 30.3 Å². The molecule has 0 fully saturated rings. The molecule has 0 aliphatic heterocycles.